The van der Waals surface area contributed by atoms with Gasteiger partial charge in [-0.05, 0) is 55.3 Å². The SMILES string of the molecule is CCNC(c1cc(C)cc(F)c1)c1cc(C)c(F)cc1F. The molecule has 1 atom stereocenters. The summed E-state index contributed by atoms with van der Waals surface area (Å²) in [5.41, 5.74) is 2.06. The molecule has 0 bridgehead atoms. The normalized spacial score (nSPS) is 12.5. The third-order valence-corrected chi connectivity index (χ3v) is 3.39. The summed E-state index contributed by atoms with van der Waals surface area (Å²) >= 11 is 0. The zero-order valence-corrected chi connectivity index (χ0v) is 12.3. The van der Waals surface area contributed by atoms with Gasteiger partial charge in [0, 0.05) is 11.6 Å². The standard InChI is InChI=1S/C17H18F3N/c1-4-21-17(12-5-10(2)6-13(18)8-12)14-7-11(3)15(19)9-16(14)20/h5-9,17,21H,4H2,1-3H3. The Morgan fingerprint density at radius 2 is 1.67 bits per heavy atom. The zero-order valence-electron chi connectivity index (χ0n) is 12.3. The van der Waals surface area contributed by atoms with Crippen molar-refractivity contribution < 1.29 is 13.2 Å². The summed E-state index contributed by atoms with van der Waals surface area (Å²) in [5, 5.41) is 3.13. The Labute approximate surface area is 122 Å². The van der Waals surface area contributed by atoms with E-state index in [1.807, 2.05) is 6.92 Å². The average molecular weight is 293 g/mol. The minimum Gasteiger partial charge on any atom is -0.306 e. The van der Waals surface area contributed by atoms with Crippen LogP contribution in [0.1, 0.15) is 35.2 Å². The molecule has 2 aromatic carbocycles. The van der Waals surface area contributed by atoms with Gasteiger partial charge in [0.05, 0.1) is 6.04 Å². The molecule has 0 heterocycles. The fraction of sp³-hybridized carbons (Fsp3) is 0.294. The molecule has 0 aromatic heterocycles. The molecule has 1 N–H and O–H groups in total. The van der Waals surface area contributed by atoms with Gasteiger partial charge < -0.3 is 5.32 Å². The Bertz CT molecular complexity index is 632. The van der Waals surface area contributed by atoms with E-state index in [9.17, 15) is 13.2 Å². The van der Waals surface area contributed by atoms with Crippen molar-refractivity contribution in [3.05, 3.63) is 70.0 Å². The highest BCUT2D eigenvalue weighted by molar-refractivity contribution is 5.37. The molecule has 1 unspecified atom stereocenters. The van der Waals surface area contributed by atoms with Gasteiger partial charge >= 0.3 is 0 Å². The van der Waals surface area contributed by atoms with E-state index in [0.717, 1.165) is 11.6 Å². The van der Waals surface area contributed by atoms with Crippen molar-refractivity contribution in [3.8, 4) is 0 Å². The highest BCUT2D eigenvalue weighted by atomic mass is 19.1. The van der Waals surface area contributed by atoms with Crippen molar-refractivity contribution in [3.63, 3.8) is 0 Å². The van der Waals surface area contributed by atoms with Crippen LogP contribution in [0.25, 0.3) is 0 Å². The van der Waals surface area contributed by atoms with Crippen LogP contribution in [0.5, 0.6) is 0 Å². The number of hydrogen-bond acceptors (Lipinski definition) is 1. The molecule has 0 fully saturated rings. The van der Waals surface area contributed by atoms with Gasteiger partial charge in [-0.3, -0.25) is 0 Å². The zero-order chi connectivity index (χ0) is 15.6. The Morgan fingerprint density at radius 3 is 2.29 bits per heavy atom. The molecule has 112 valence electrons. The smallest absolute Gasteiger partial charge is 0.131 e. The van der Waals surface area contributed by atoms with Crippen LogP contribution < -0.4 is 5.32 Å². The lowest BCUT2D eigenvalue weighted by molar-refractivity contribution is 0.535. The Hall–Kier alpha value is -1.81. The second-order valence-electron chi connectivity index (χ2n) is 5.18. The molecule has 21 heavy (non-hydrogen) atoms. The third-order valence-electron chi connectivity index (χ3n) is 3.39. The Morgan fingerprint density at radius 1 is 0.952 bits per heavy atom. The van der Waals surface area contributed by atoms with Crippen molar-refractivity contribution in [2.45, 2.75) is 26.8 Å². The minimum absolute atomic E-state index is 0.320. The van der Waals surface area contributed by atoms with E-state index in [1.54, 1.807) is 19.9 Å². The number of hydrogen-bond donors (Lipinski definition) is 1. The maximum Gasteiger partial charge on any atom is 0.131 e. The summed E-state index contributed by atoms with van der Waals surface area (Å²) < 4.78 is 41.1. The van der Waals surface area contributed by atoms with Crippen LogP contribution in [0.15, 0.2) is 30.3 Å². The predicted octanol–water partition coefficient (Wildman–Crippen LogP) is 4.42. The summed E-state index contributed by atoms with van der Waals surface area (Å²) in [6, 6.07) is 6.43. The summed E-state index contributed by atoms with van der Waals surface area (Å²) in [6.45, 7) is 5.82. The molecule has 0 saturated heterocycles. The number of rotatable bonds is 4. The van der Waals surface area contributed by atoms with E-state index in [2.05, 4.69) is 5.32 Å². The lowest BCUT2D eigenvalue weighted by Crippen LogP contribution is -2.23. The molecule has 0 aliphatic heterocycles. The predicted molar refractivity (Wildman–Crippen MR) is 77.8 cm³/mol. The molecular formula is C17H18F3N. The fourth-order valence-electron chi connectivity index (χ4n) is 2.44. The first kappa shape index (κ1) is 15.6. The largest absolute Gasteiger partial charge is 0.306 e. The number of halogens is 3. The van der Waals surface area contributed by atoms with Crippen LogP contribution in [0.4, 0.5) is 13.2 Å². The van der Waals surface area contributed by atoms with E-state index in [1.165, 1.54) is 18.2 Å². The molecular weight excluding hydrogens is 275 g/mol. The van der Waals surface area contributed by atoms with Crippen LogP contribution in [0.3, 0.4) is 0 Å². The van der Waals surface area contributed by atoms with Gasteiger partial charge in [0.1, 0.15) is 17.5 Å². The molecule has 2 aromatic rings. The van der Waals surface area contributed by atoms with Crippen LogP contribution in [0, 0.1) is 31.3 Å². The fourth-order valence-corrected chi connectivity index (χ4v) is 2.44. The second kappa shape index (κ2) is 6.31. The van der Waals surface area contributed by atoms with Crippen LogP contribution in [-0.2, 0) is 0 Å². The van der Waals surface area contributed by atoms with Crippen molar-refractivity contribution in [1.82, 2.24) is 5.32 Å². The molecule has 0 aliphatic carbocycles. The van der Waals surface area contributed by atoms with Crippen molar-refractivity contribution >= 4 is 0 Å². The number of aryl methyl sites for hydroxylation is 2. The molecule has 4 heteroatoms. The van der Waals surface area contributed by atoms with Crippen LogP contribution in [-0.4, -0.2) is 6.54 Å². The van der Waals surface area contributed by atoms with Gasteiger partial charge in [-0.1, -0.05) is 13.0 Å². The summed E-state index contributed by atoms with van der Waals surface area (Å²) in [6.07, 6.45) is 0. The van der Waals surface area contributed by atoms with Crippen molar-refractivity contribution in [2.24, 2.45) is 0 Å². The van der Waals surface area contributed by atoms with Gasteiger partial charge in [-0.25, -0.2) is 13.2 Å². The number of benzene rings is 2. The van der Waals surface area contributed by atoms with Crippen LogP contribution >= 0.6 is 0 Å². The van der Waals surface area contributed by atoms with Crippen LogP contribution in [0.2, 0.25) is 0 Å². The Kier molecular flexibility index (Phi) is 4.68. The first-order valence-electron chi connectivity index (χ1n) is 6.88. The molecule has 0 spiro atoms. The molecule has 0 saturated carbocycles. The van der Waals surface area contributed by atoms with Crippen molar-refractivity contribution in [1.29, 1.82) is 0 Å². The monoisotopic (exact) mass is 293 g/mol. The first-order valence-corrected chi connectivity index (χ1v) is 6.88. The summed E-state index contributed by atoms with van der Waals surface area (Å²) in [7, 11) is 0. The molecule has 0 aliphatic rings. The highest BCUT2D eigenvalue weighted by Gasteiger charge is 2.19. The van der Waals surface area contributed by atoms with E-state index in [0.29, 0.717) is 23.2 Å². The number of nitrogens with one attached hydrogen (secondary N) is 1. The lowest BCUT2D eigenvalue weighted by Gasteiger charge is -2.21. The second-order valence-corrected chi connectivity index (χ2v) is 5.18. The quantitative estimate of drug-likeness (QED) is 0.880. The maximum absolute atomic E-state index is 14.1. The van der Waals surface area contributed by atoms with E-state index < -0.39 is 17.7 Å². The molecule has 1 nitrogen and oxygen atoms in total. The minimum atomic E-state index is -0.633. The van der Waals surface area contributed by atoms with Gasteiger partial charge in [0.25, 0.3) is 0 Å². The maximum atomic E-state index is 14.1. The van der Waals surface area contributed by atoms with E-state index in [4.69, 9.17) is 0 Å². The molecule has 0 amide bonds. The average Bonchev–Trinajstić information content (AvgIpc) is 2.39. The van der Waals surface area contributed by atoms with Crippen molar-refractivity contribution in [2.75, 3.05) is 6.54 Å². The van der Waals surface area contributed by atoms with E-state index >= 15 is 0 Å². The third kappa shape index (κ3) is 3.45. The van der Waals surface area contributed by atoms with Gasteiger partial charge in [-0.2, -0.15) is 0 Å². The summed E-state index contributed by atoms with van der Waals surface area (Å²) in [4.78, 5) is 0. The van der Waals surface area contributed by atoms with Gasteiger partial charge in [0.2, 0.25) is 0 Å². The first-order chi connectivity index (χ1) is 9.92. The molecule has 0 radical (unpaired) electrons. The van der Waals surface area contributed by atoms with Gasteiger partial charge in [0.15, 0.2) is 0 Å². The summed E-state index contributed by atoms with van der Waals surface area (Å²) in [5.74, 6) is -1.58. The lowest BCUT2D eigenvalue weighted by atomic mass is 9.95. The van der Waals surface area contributed by atoms with Gasteiger partial charge in [-0.15, -0.1) is 0 Å². The Balaban J connectivity index is 2.55. The molecule has 2 rings (SSSR count). The highest BCUT2D eigenvalue weighted by Crippen LogP contribution is 2.27. The topological polar surface area (TPSA) is 12.0 Å². The van der Waals surface area contributed by atoms with E-state index in [-0.39, 0.29) is 5.82 Å².